The SMILES string of the molecule is C[C@H]1CCCC[C@@H]1NC(=O)CN1CCN(c2ccc(C(F)(F)F)cn2)CC1. The summed E-state index contributed by atoms with van der Waals surface area (Å²) in [5.74, 6) is 1.14. The summed E-state index contributed by atoms with van der Waals surface area (Å²) in [6.45, 7) is 5.24. The number of carbonyl (C=O) groups excluding carboxylic acids is 1. The van der Waals surface area contributed by atoms with Gasteiger partial charge in [0.15, 0.2) is 0 Å². The zero-order chi connectivity index (χ0) is 19.4. The molecule has 1 aromatic heterocycles. The predicted molar refractivity (Wildman–Crippen MR) is 97.5 cm³/mol. The Morgan fingerprint density at radius 3 is 2.48 bits per heavy atom. The molecule has 2 fully saturated rings. The highest BCUT2D eigenvalue weighted by Gasteiger charge is 2.31. The first-order valence-corrected chi connectivity index (χ1v) is 9.63. The molecule has 1 aliphatic carbocycles. The number of alkyl halides is 3. The van der Waals surface area contributed by atoms with Crippen molar-refractivity contribution in [2.45, 2.75) is 44.8 Å². The maximum absolute atomic E-state index is 12.6. The number of hydrogen-bond acceptors (Lipinski definition) is 4. The van der Waals surface area contributed by atoms with E-state index in [1.807, 2.05) is 4.90 Å². The normalized spacial score (nSPS) is 24.7. The number of hydrogen-bond donors (Lipinski definition) is 1. The Hall–Kier alpha value is -1.83. The second kappa shape index (κ2) is 8.46. The van der Waals surface area contributed by atoms with Crippen molar-refractivity contribution in [1.29, 1.82) is 0 Å². The first-order chi connectivity index (χ1) is 12.8. The third kappa shape index (κ3) is 5.34. The molecule has 27 heavy (non-hydrogen) atoms. The van der Waals surface area contributed by atoms with E-state index >= 15 is 0 Å². The van der Waals surface area contributed by atoms with Crippen LogP contribution in [0.2, 0.25) is 0 Å². The maximum Gasteiger partial charge on any atom is 0.417 e. The summed E-state index contributed by atoms with van der Waals surface area (Å²) in [5.41, 5.74) is -0.738. The van der Waals surface area contributed by atoms with Gasteiger partial charge in [0.2, 0.25) is 5.91 Å². The van der Waals surface area contributed by atoms with Crippen molar-refractivity contribution in [3.63, 3.8) is 0 Å². The van der Waals surface area contributed by atoms with Gasteiger partial charge in [0.25, 0.3) is 0 Å². The van der Waals surface area contributed by atoms with Crippen LogP contribution >= 0.6 is 0 Å². The topological polar surface area (TPSA) is 48.5 Å². The summed E-state index contributed by atoms with van der Waals surface area (Å²) in [6, 6.07) is 2.76. The van der Waals surface area contributed by atoms with Gasteiger partial charge in [0, 0.05) is 38.4 Å². The van der Waals surface area contributed by atoms with Crippen molar-refractivity contribution in [2.24, 2.45) is 5.92 Å². The molecule has 1 saturated heterocycles. The number of pyridine rings is 1. The van der Waals surface area contributed by atoms with Gasteiger partial charge >= 0.3 is 6.18 Å². The molecule has 0 radical (unpaired) electrons. The van der Waals surface area contributed by atoms with Crippen LogP contribution in [0.5, 0.6) is 0 Å². The Morgan fingerprint density at radius 1 is 1.19 bits per heavy atom. The molecule has 0 spiro atoms. The molecular formula is C19H27F3N4O. The molecular weight excluding hydrogens is 357 g/mol. The molecule has 150 valence electrons. The van der Waals surface area contributed by atoms with Gasteiger partial charge in [-0.25, -0.2) is 4.98 Å². The molecule has 2 atom stereocenters. The van der Waals surface area contributed by atoms with E-state index in [-0.39, 0.29) is 11.9 Å². The summed E-state index contributed by atoms with van der Waals surface area (Å²) in [7, 11) is 0. The van der Waals surface area contributed by atoms with Crippen molar-refractivity contribution in [1.82, 2.24) is 15.2 Å². The van der Waals surface area contributed by atoms with Gasteiger partial charge in [0.1, 0.15) is 5.82 Å². The lowest BCUT2D eigenvalue weighted by atomic mass is 9.86. The van der Waals surface area contributed by atoms with E-state index in [9.17, 15) is 18.0 Å². The number of piperazine rings is 1. The first kappa shape index (κ1) is 19.9. The average molecular weight is 384 g/mol. The molecule has 0 unspecified atom stereocenters. The minimum absolute atomic E-state index is 0.0647. The summed E-state index contributed by atoms with van der Waals surface area (Å²) < 4.78 is 37.9. The van der Waals surface area contributed by atoms with Crippen molar-refractivity contribution in [3.05, 3.63) is 23.9 Å². The van der Waals surface area contributed by atoms with E-state index in [2.05, 4.69) is 22.1 Å². The average Bonchev–Trinajstić information content (AvgIpc) is 2.64. The number of carbonyl (C=O) groups is 1. The number of amides is 1. The maximum atomic E-state index is 12.6. The van der Waals surface area contributed by atoms with Gasteiger partial charge in [-0.2, -0.15) is 13.2 Å². The quantitative estimate of drug-likeness (QED) is 0.867. The molecule has 2 heterocycles. The van der Waals surface area contributed by atoms with Crippen LogP contribution in [0.25, 0.3) is 0 Å². The summed E-state index contributed by atoms with van der Waals surface area (Å²) in [5, 5.41) is 3.17. The zero-order valence-corrected chi connectivity index (χ0v) is 15.6. The Morgan fingerprint density at radius 2 is 1.89 bits per heavy atom. The minimum atomic E-state index is -4.37. The fourth-order valence-corrected chi connectivity index (χ4v) is 3.86. The van der Waals surface area contributed by atoms with Crippen molar-refractivity contribution < 1.29 is 18.0 Å². The molecule has 1 aromatic rings. The Bertz CT molecular complexity index is 627. The predicted octanol–water partition coefficient (Wildman–Crippen LogP) is 2.92. The molecule has 8 heteroatoms. The van der Waals surface area contributed by atoms with E-state index in [0.717, 1.165) is 18.7 Å². The van der Waals surface area contributed by atoms with Crippen LogP contribution in [0, 0.1) is 5.92 Å². The van der Waals surface area contributed by atoms with Crippen molar-refractivity contribution in [3.8, 4) is 0 Å². The molecule has 0 bridgehead atoms. The van der Waals surface area contributed by atoms with Gasteiger partial charge in [-0.15, -0.1) is 0 Å². The number of anilines is 1. The third-order valence-corrected chi connectivity index (χ3v) is 5.60. The largest absolute Gasteiger partial charge is 0.417 e. The second-order valence-electron chi connectivity index (χ2n) is 7.60. The standard InChI is InChI=1S/C19H27F3N4O/c1-14-4-2-3-5-16(14)24-18(27)13-25-8-10-26(11-9-25)17-7-6-15(12-23-17)19(20,21)22/h6-7,12,14,16H,2-5,8-11,13H2,1H3,(H,24,27)/t14-,16-/m0/s1. The van der Waals surface area contributed by atoms with Gasteiger partial charge in [0.05, 0.1) is 12.1 Å². The fourth-order valence-electron chi connectivity index (χ4n) is 3.86. The Kier molecular flexibility index (Phi) is 6.24. The zero-order valence-electron chi connectivity index (χ0n) is 15.6. The second-order valence-corrected chi connectivity index (χ2v) is 7.60. The van der Waals surface area contributed by atoms with Crippen LogP contribution in [-0.2, 0) is 11.0 Å². The van der Waals surface area contributed by atoms with E-state index in [1.54, 1.807) is 0 Å². The molecule has 1 N–H and O–H groups in total. The summed E-state index contributed by atoms with van der Waals surface area (Å²) >= 11 is 0. The van der Waals surface area contributed by atoms with Crippen LogP contribution in [0.3, 0.4) is 0 Å². The highest BCUT2D eigenvalue weighted by Crippen LogP contribution is 2.29. The van der Waals surface area contributed by atoms with Crippen molar-refractivity contribution >= 4 is 11.7 Å². The molecule has 0 aromatic carbocycles. The number of aromatic nitrogens is 1. The van der Waals surface area contributed by atoms with Crippen LogP contribution in [-0.4, -0.2) is 54.6 Å². The lowest BCUT2D eigenvalue weighted by Crippen LogP contribution is -2.51. The van der Waals surface area contributed by atoms with Gasteiger partial charge in [-0.1, -0.05) is 19.8 Å². The van der Waals surface area contributed by atoms with Gasteiger partial charge < -0.3 is 10.2 Å². The van der Waals surface area contributed by atoms with Crippen LogP contribution in [0.15, 0.2) is 18.3 Å². The van der Waals surface area contributed by atoms with E-state index < -0.39 is 11.7 Å². The highest BCUT2D eigenvalue weighted by atomic mass is 19.4. The third-order valence-electron chi connectivity index (χ3n) is 5.60. The molecule has 1 amide bonds. The first-order valence-electron chi connectivity index (χ1n) is 9.63. The fraction of sp³-hybridized carbons (Fsp3) is 0.684. The van der Waals surface area contributed by atoms with Crippen LogP contribution < -0.4 is 10.2 Å². The number of rotatable bonds is 4. The lowest BCUT2D eigenvalue weighted by molar-refractivity contribution is -0.137. The monoisotopic (exact) mass is 384 g/mol. The highest BCUT2D eigenvalue weighted by molar-refractivity contribution is 5.78. The van der Waals surface area contributed by atoms with Crippen molar-refractivity contribution in [2.75, 3.05) is 37.6 Å². The summed E-state index contributed by atoms with van der Waals surface area (Å²) in [6.07, 6.45) is 1.15. The molecule has 1 aliphatic heterocycles. The summed E-state index contributed by atoms with van der Waals surface area (Å²) in [4.78, 5) is 20.3. The Balaban J connectivity index is 1.45. The molecule has 2 aliphatic rings. The van der Waals surface area contributed by atoms with Gasteiger partial charge in [-0.05, 0) is 30.9 Å². The molecule has 3 rings (SSSR count). The van der Waals surface area contributed by atoms with E-state index in [1.165, 1.54) is 25.3 Å². The van der Waals surface area contributed by atoms with E-state index in [0.29, 0.717) is 44.5 Å². The Labute approximate surface area is 157 Å². The minimum Gasteiger partial charge on any atom is -0.354 e. The van der Waals surface area contributed by atoms with Gasteiger partial charge in [-0.3, -0.25) is 9.69 Å². The number of nitrogens with zero attached hydrogens (tertiary/aromatic N) is 3. The molecule has 1 saturated carbocycles. The number of halogens is 3. The van der Waals surface area contributed by atoms with E-state index in [4.69, 9.17) is 0 Å². The van der Waals surface area contributed by atoms with Crippen LogP contribution in [0.1, 0.15) is 38.2 Å². The van der Waals surface area contributed by atoms with Crippen LogP contribution in [0.4, 0.5) is 19.0 Å². The smallest absolute Gasteiger partial charge is 0.354 e. The number of nitrogens with one attached hydrogen (secondary N) is 1. The molecule has 5 nitrogen and oxygen atoms in total. The lowest BCUT2D eigenvalue weighted by Gasteiger charge is -2.36.